The van der Waals surface area contributed by atoms with Crippen molar-refractivity contribution in [1.82, 2.24) is 0 Å². The number of esters is 2. The third-order valence-corrected chi connectivity index (χ3v) is 3.17. The Balaban J connectivity index is 2.33. The van der Waals surface area contributed by atoms with Gasteiger partial charge in [-0.05, 0) is 49.2 Å². The standard InChI is InChI=1S/C17H15FO4/c1-10-8-12(16(19)21-3)9-11(2)15(10)22-17(20)13-6-4-5-7-14(13)18/h4-9H,1-3H3. The molecule has 0 amide bonds. The summed E-state index contributed by atoms with van der Waals surface area (Å²) in [6.45, 7) is 3.40. The zero-order valence-electron chi connectivity index (χ0n) is 12.5. The van der Waals surface area contributed by atoms with Gasteiger partial charge in [-0.15, -0.1) is 0 Å². The molecule has 2 rings (SSSR count). The maximum absolute atomic E-state index is 13.6. The molecule has 0 spiro atoms. The van der Waals surface area contributed by atoms with E-state index in [-0.39, 0.29) is 5.56 Å². The fraction of sp³-hybridized carbons (Fsp3) is 0.176. The van der Waals surface area contributed by atoms with Gasteiger partial charge in [-0.25, -0.2) is 14.0 Å². The second-order valence-electron chi connectivity index (χ2n) is 4.80. The third kappa shape index (κ3) is 3.14. The summed E-state index contributed by atoms with van der Waals surface area (Å²) < 4.78 is 23.5. The highest BCUT2D eigenvalue weighted by Crippen LogP contribution is 2.26. The predicted molar refractivity (Wildman–Crippen MR) is 78.6 cm³/mol. The lowest BCUT2D eigenvalue weighted by molar-refractivity contribution is 0.0600. The number of hydrogen-bond donors (Lipinski definition) is 0. The molecule has 114 valence electrons. The number of aryl methyl sites for hydroxylation is 2. The van der Waals surface area contributed by atoms with Crippen LogP contribution in [-0.2, 0) is 4.74 Å². The molecule has 0 radical (unpaired) electrons. The van der Waals surface area contributed by atoms with E-state index < -0.39 is 17.8 Å². The first-order valence-electron chi connectivity index (χ1n) is 6.60. The van der Waals surface area contributed by atoms with Crippen LogP contribution in [0.25, 0.3) is 0 Å². The van der Waals surface area contributed by atoms with Crippen molar-refractivity contribution >= 4 is 11.9 Å². The average molecular weight is 302 g/mol. The first-order valence-corrected chi connectivity index (χ1v) is 6.60. The van der Waals surface area contributed by atoms with Gasteiger partial charge in [0.05, 0.1) is 18.2 Å². The monoisotopic (exact) mass is 302 g/mol. The number of rotatable bonds is 3. The zero-order chi connectivity index (χ0) is 16.3. The molecule has 2 aromatic rings. The first-order chi connectivity index (χ1) is 10.4. The van der Waals surface area contributed by atoms with Crippen LogP contribution in [-0.4, -0.2) is 19.0 Å². The van der Waals surface area contributed by atoms with Gasteiger partial charge in [-0.3, -0.25) is 0 Å². The van der Waals surface area contributed by atoms with Gasteiger partial charge in [0.2, 0.25) is 0 Å². The van der Waals surface area contributed by atoms with Crippen LogP contribution in [0.2, 0.25) is 0 Å². The van der Waals surface area contributed by atoms with E-state index in [1.807, 2.05) is 0 Å². The predicted octanol–water partition coefficient (Wildman–Crippen LogP) is 3.45. The number of hydrogen-bond acceptors (Lipinski definition) is 4. The van der Waals surface area contributed by atoms with Gasteiger partial charge in [-0.1, -0.05) is 12.1 Å². The minimum Gasteiger partial charge on any atom is -0.465 e. The smallest absolute Gasteiger partial charge is 0.346 e. The van der Waals surface area contributed by atoms with Crippen LogP contribution >= 0.6 is 0 Å². The Hall–Kier alpha value is -2.69. The molecule has 0 atom stereocenters. The lowest BCUT2D eigenvalue weighted by Gasteiger charge is -2.12. The van der Waals surface area contributed by atoms with Crippen molar-refractivity contribution < 1.29 is 23.5 Å². The van der Waals surface area contributed by atoms with Crippen molar-refractivity contribution in [2.24, 2.45) is 0 Å². The van der Waals surface area contributed by atoms with Gasteiger partial charge < -0.3 is 9.47 Å². The van der Waals surface area contributed by atoms with Crippen molar-refractivity contribution in [3.63, 3.8) is 0 Å². The molecular weight excluding hydrogens is 287 g/mol. The summed E-state index contributed by atoms with van der Waals surface area (Å²) in [6, 6.07) is 8.71. The molecule has 5 heteroatoms. The van der Waals surface area contributed by atoms with Crippen LogP contribution in [0.4, 0.5) is 4.39 Å². The molecule has 0 unspecified atom stereocenters. The van der Waals surface area contributed by atoms with Crippen LogP contribution in [0.15, 0.2) is 36.4 Å². The van der Waals surface area contributed by atoms with Gasteiger partial charge in [0, 0.05) is 0 Å². The molecule has 0 N–H and O–H groups in total. The van der Waals surface area contributed by atoms with Gasteiger partial charge in [0.15, 0.2) is 0 Å². The highest BCUT2D eigenvalue weighted by molar-refractivity contribution is 5.93. The van der Waals surface area contributed by atoms with Crippen molar-refractivity contribution in [1.29, 1.82) is 0 Å². The molecule has 2 aromatic carbocycles. The van der Waals surface area contributed by atoms with Crippen LogP contribution in [0.3, 0.4) is 0 Å². The van der Waals surface area contributed by atoms with E-state index >= 15 is 0 Å². The summed E-state index contributed by atoms with van der Waals surface area (Å²) in [7, 11) is 1.29. The number of ether oxygens (including phenoxy) is 2. The molecular formula is C17H15FO4. The van der Waals surface area contributed by atoms with E-state index in [9.17, 15) is 14.0 Å². The molecule has 0 aliphatic carbocycles. The van der Waals surface area contributed by atoms with Crippen molar-refractivity contribution in [2.45, 2.75) is 13.8 Å². The molecule has 0 aliphatic rings. The summed E-state index contributed by atoms with van der Waals surface area (Å²) in [5.74, 6) is -1.59. The lowest BCUT2D eigenvalue weighted by Crippen LogP contribution is -2.13. The van der Waals surface area contributed by atoms with E-state index in [0.717, 1.165) is 0 Å². The van der Waals surface area contributed by atoms with Gasteiger partial charge in [-0.2, -0.15) is 0 Å². The van der Waals surface area contributed by atoms with Gasteiger partial charge in [0.25, 0.3) is 0 Å². The minimum atomic E-state index is -0.782. The molecule has 0 aliphatic heterocycles. The quantitative estimate of drug-likeness (QED) is 0.643. The molecule has 0 heterocycles. The first kappa shape index (κ1) is 15.7. The Morgan fingerprint density at radius 3 is 2.14 bits per heavy atom. The zero-order valence-corrected chi connectivity index (χ0v) is 12.5. The number of carbonyl (C=O) groups is 2. The average Bonchev–Trinajstić information content (AvgIpc) is 2.50. The second kappa shape index (κ2) is 6.39. The largest absolute Gasteiger partial charge is 0.465 e. The number of halogens is 1. The van der Waals surface area contributed by atoms with Crippen molar-refractivity contribution in [2.75, 3.05) is 7.11 Å². The van der Waals surface area contributed by atoms with E-state index in [2.05, 4.69) is 4.74 Å². The highest BCUT2D eigenvalue weighted by atomic mass is 19.1. The molecule has 0 bridgehead atoms. The van der Waals surface area contributed by atoms with E-state index in [4.69, 9.17) is 4.74 Å². The van der Waals surface area contributed by atoms with E-state index in [1.54, 1.807) is 32.0 Å². The summed E-state index contributed by atoms with van der Waals surface area (Å²) in [4.78, 5) is 23.6. The Morgan fingerprint density at radius 2 is 1.59 bits per heavy atom. The lowest BCUT2D eigenvalue weighted by atomic mass is 10.1. The maximum Gasteiger partial charge on any atom is 0.346 e. The van der Waals surface area contributed by atoms with Crippen molar-refractivity contribution in [3.05, 3.63) is 64.5 Å². The summed E-state index contributed by atoms with van der Waals surface area (Å²) >= 11 is 0. The summed E-state index contributed by atoms with van der Waals surface area (Å²) in [5.41, 5.74) is 1.40. The minimum absolute atomic E-state index is 0.140. The maximum atomic E-state index is 13.6. The Bertz CT molecular complexity index is 714. The molecule has 22 heavy (non-hydrogen) atoms. The molecule has 0 aromatic heterocycles. The van der Waals surface area contributed by atoms with Gasteiger partial charge >= 0.3 is 11.9 Å². The Labute approximate surface area is 127 Å². The molecule has 4 nitrogen and oxygen atoms in total. The van der Waals surface area contributed by atoms with Crippen LogP contribution < -0.4 is 4.74 Å². The molecule has 0 fully saturated rings. The van der Waals surface area contributed by atoms with Crippen molar-refractivity contribution in [3.8, 4) is 5.75 Å². The Kier molecular flexibility index (Phi) is 4.56. The topological polar surface area (TPSA) is 52.6 Å². The van der Waals surface area contributed by atoms with Crippen LogP contribution in [0.1, 0.15) is 31.8 Å². The highest BCUT2D eigenvalue weighted by Gasteiger charge is 2.17. The van der Waals surface area contributed by atoms with E-state index in [1.165, 1.54) is 25.3 Å². The normalized spacial score (nSPS) is 10.2. The summed E-state index contributed by atoms with van der Waals surface area (Å²) in [5, 5.41) is 0. The molecule has 0 saturated carbocycles. The fourth-order valence-electron chi connectivity index (χ4n) is 2.12. The van der Waals surface area contributed by atoms with Crippen LogP contribution in [0.5, 0.6) is 5.75 Å². The number of methoxy groups -OCH3 is 1. The number of carbonyl (C=O) groups excluding carboxylic acids is 2. The van der Waals surface area contributed by atoms with E-state index in [0.29, 0.717) is 22.4 Å². The Morgan fingerprint density at radius 1 is 1.00 bits per heavy atom. The molecule has 0 saturated heterocycles. The SMILES string of the molecule is COC(=O)c1cc(C)c(OC(=O)c2ccccc2F)c(C)c1. The fourth-order valence-corrected chi connectivity index (χ4v) is 2.12. The third-order valence-electron chi connectivity index (χ3n) is 3.17. The van der Waals surface area contributed by atoms with Crippen LogP contribution in [0, 0.1) is 19.7 Å². The number of benzene rings is 2. The van der Waals surface area contributed by atoms with Gasteiger partial charge in [0.1, 0.15) is 11.6 Å². The second-order valence-corrected chi connectivity index (χ2v) is 4.80. The summed E-state index contributed by atoms with van der Waals surface area (Å²) in [6.07, 6.45) is 0.